The van der Waals surface area contributed by atoms with Gasteiger partial charge in [-0.3, -0.25) is 9.78 Å². The van der Waals surface area contributed by atoms with E-state index in [4.69, 9.17) is 9.15 Å². The lowest BCUT2D eigenvalue weighted by atomic mass is 10.0. The average molecular weight is 335 g/mol. The van der Waals surface area contributed by atoms with Gasteiger partial charge in [0.1, 0.15) is 11.4 Å². The summed E-state index contributed by atoms with van der Waals surface area (Å²) in [5, 5.41) is 2.89. The molecule has 0 spiro atoms. The standard InChI is InChI=1S/C19H17N3O3/c23-19(17-8-7-13-4-1-2-5-15(13)25-17)22-12-14-18(21-10-9-20-14)16-6-3-11-24-16/h1-6,9-11,17H,7-8,12H2,(H,22,23)/t17-/m0/s1. The number of carbonyl (C=O) groups excluding carboxylic acids is 1. The van der Waals surface area contributed by atoms with Crippen molar-refractivity contribution in [2.24, 2.45) is 0 Å². The first-order valence-corrected chi connectivity index (χ1v) is 8.17. The molecule has 3 heterocycles. The van der Waals surface area contributed by atoms with Crippen LogP contribution < -0.4 is 10.1 Å². The van der Waals surface area contributed by atoms with Gasteiger partial charge >= 0.3 is 0 Å². The van der Waals surface area contributed by atoms with Gasteiger partial charge in [-0.1, -0.05) is 18.2 Å². The highest BCUT2D eigenvalue weighted by molar-refractivity contribution is 5.81. The van der Waals surface area contributed by atoms with Crippen LogP contribution in [0.2, 0.25) is 0 Å². The van der Waals surface area contributed by atoms with Crippen molar-refractivity contribution in [3.8, 4) is 17.2 Å². The summed E-state index contributed by atoms with van der Waals surface area (Å²) in [4.78, 5) is 21.1. The number of amides is 1. The lowest BCUT2D eigenvalue weighted by molar-refractivity contribution is -0.128. The Labute approximate surface area is 144 Å². The minimum Gasteiger partial charge on any atom is -0.480 e. The molecule has 4 rings (SSSR count). The molecule has 0 radical (unpaired) electrons. The zero-order chi connectivity index (χ0) is 17.1. The molecule has 1 aliphatic heterocycles. The van der Waals surface area contributed by atoms with E-state index in [9.17, 15) is 4.79 Å². The van der Waals surface area contributed by atoms with Crippen molar-refractivity contribution >= 4 is 5.91 Å². The number of aromatic nitrogens is 2. The molecule has 25 heavy (non-hydrogen) atoms. The Kier molecular flexibility index (Phi) is 4.16. The van der Waals surface area contributed by atoms with Crippen molar-refractivity contribution in [2.45, 2.75) is 25.5 Å². The molecule has 1 aliphatic rings. The Morgan fingerprint density at radius 1 is 1.16 bits per heavy atom. The lowest BCUT2D eigenvalue weighted by Crippen LogP contribution is -2.40. The van der Waals surface area contributed by atoms with Crippen molar-refractivity contribution in [2.75, 3.05) is 0 Å². The largest absolute Gasteiger partial charge is 0.480 e. The van der Waals surface area contributed by atoms with Crippen molar-refractivity contribution in [3.05, 3.63) is 66.3 Å². The predicted octanol–water partition coefficient (Wildman–Crippen LogP) is 2.75. The lowest BCUT2D eigenvalue weighted by Gasteiger charge is -2.25. The molecule has 126 valence electrons. The SMILES string of the molecule is O=C(NCc1nccnc1-c1ccco1)[C@@H]1CCc2ccccc2O1. The first-order chi connectivity index (χ1) is 12.3. The third-order valence-electron chi connectivity index (χ3n) is 4.17. The van der Waals surface area contributed by atoms with Crippen LogP contribution in [0.15, 0.2) is 59.5 Å². The third kappa shape index (κ3) is 3.24. The Hall–Kier alpha value is -3.15. The molecule has 6 heteroatoms. The average Bonchev–Trinajstić information content (AvgIpc) is 3.20. The number of para-hydroxylation sites is 1. The van der Waals surface area contributed by atoms with E-state index in [1.54, 1.807) is 24.7 Å². The van der Waals surface area contributed by atoms with E-state index < -0.39 is 6.10 Å². The first-order valence-electron chi connectivity index (χ1n) is 8.17. The van der Waals surface area contributed by atoms with Gasteiger partial charge in [0.25, 0.3) is 5.91 Å². The summed E-state index contributed by atoms with van der Waals surface area (Å²) >= 11 is 0. The highest BCUT2D eigenvalue weighted by Crippen LogP contribution is 2.27. The minimum absolute atomic E-state index is 0.148. The van der Waals surface area contributed by atoms with Crippen molar-refractivity contribution < 1.29 is 13.9 Å². The number of benzene rings is 1. The highest BCUT2D eigenvalue weighted by atomic mass is 16.5. The molecule has 1 N–H and O–H groups in total. The summed E-state index contributed by atoms with van der Waals surface area (Å²) in [7, 11) is 0. The fourth-order valence-electron chi connectivity index (χ4n) is 2.91. The number of fused-ring (bicyclic) bond motifs is 1. The molecule has 0 bridgehead atoms. The van der Waals surface area contributed by atoms with Gasteiger partial charge in [0.15, 0.2) is 11.9 Å². The van der Waals surface area contributed by atoms with Gasteiger partial charge in [-0.2, -0.15) is 0 Å². The second kappa shape index (κ2) is 6.76. The van der Waals surface area contributed by atoms with Crippen LogP contribution in [0.1, 0.15) is 17.7 Å². The van der Waals surface area contributed by atoms with Crippen molar-refractivity contribution in [1.82, 2.24) is 15.3 Å². The summed E-state index contributed by atoms with van der Waals surface area (Å²) in [6, 6.07) is 11.4. The molecule has 1 amide bonds. The molecule has 2 aromatic heterocycles. The number of furan rings is 1. The van der Waals surface area contributed by atoms with E-state index in [2.05, 4.69) is 15.3 Å². The fourth-order valence-corrected chi connectivity index (χ4v) is 2.91. The minimum atomic E-state index is -0.487. The summed E-state index contributed by atoms with van der Waals surface area (Å²) in [5.41, 5.74) is 2.42. The van der Waals surface area contributed by atoms with Crippen molar-refractivity contribution in [1.29, 1.82) is 0 Å². The smallest absolute Gasteiger partial charge is 0.261 e. The zero-order valence-electron chi connectivity index (χ0n) is 13.5. The Bertz CT molecular complexity index is 877. The molecule has 3 aromatic rings. The zero-order valence-corrected chi connectivity index (χ0v) is 13.5. The second-order valence-corrected chi connectivity index (χ2v) is 5.80. The van der Waals surface area contributed by atoms with Crippen LogP contribution in [-0.2, 0) is 17.8 Å². The Morgan fingerprint density at radius 3 is 2.92 bits per heavy atom. The van der Waals surface area contributed by atoms with Gasteiger partial charge in [-0.15, -0.1) is 0 Å². The number of carbonyl (C=O) groups is 1. The number of ether oxygens (including phenoxy) is 1. The quantitative estimate of drug-likeness (QED) is 0.793. The van der Waals surface area contributed by atoms with Crippen LogP contribution in [0.5, 0.6) is 5.75 Å². The molecule has 0 fully saturated rings. The van der Waals surface area contributed by atoms with Crippen LogP contribution in [0.25, 0.3) is 11.5 Å². The summed E-state index contributed by atoms with van der Waals surface area (Å²) in [5.74, 6) is 1.26. The molecule has 1 atom stereocenters. The molecular formula is C19H17N3O3. The fraction of sp³-hybridized carbons (Fsp3) is 0.211. The van der Waals surface area contributed by atoms with Gasteiger partial charge in [-0.05, 0) is 36.6 Å². The maximum atomic E-state index is 12.5. The van der Waals surface area contributed by atoms with Gasteiger partial charge in [0.05, 0.1) is 18.5 Å². The van der Waals surface area contributed by atoms with E-state index in [0.717, 1.165) is 17.7 Å². The highest BCUT2D eigenvalue weighted by Gasteiger charge is 2.26. The van der Waals surface area contributed by atoms with Crippen LogP contribution in [0, 0.1) is 0 Å². The van der Waals surface area contributed by atoms with E-state index in [0.29, 0.717) is 23.6 Å². The van der Waals surface area contributed by atoms with Gasteiger partial charge in [-0.25, -0.2) is 4.98 Å². The summed E-state index contributed by atoms with van der Waals surface area (Å²) in [6.07, 6.45) is 5.79. The number of nitrogens with one attached hydrogen (secondary N) is 1. The van der Waals surface area contributed by atoms with Gasteiger partial charge < -0.3 is 14.5 Å². The van der Waals surface area contributed by atoms with E-state index in [1.165, 1.54) is 0 Å². The number of nitrogens with zero attached hydrogens (tertiary/aromatic N) is 2. The topological polar surface area (TPSA) is 77.3 Å². The first kappa shape index (κ1) is 15.4. The second-order valence-electron chi connectivity index (χ2n) is 5.80. The normalized spacial score (nSPS) is 15.9. The van der Waals surface area contributed by atoms with Crippen LogP contribution >= 0.6 is 0 Å². The van der Waals surface area contributed by atoms with Gasteiger partial charge in [0.2, 0.25) is 0 Å². The molecular weight excluding hydrogens is 318 g/mol. The maximum absolute atomic E-state index is 12.5. The number of hydrogen-bond acceptors (Lipinski definition) is 5. The number of rotatable bonds is 4. The number of aryl methyl sites for hydroxylation is 1. The van der Waals surface area contributed by atoms with E-state index >= 15 is 0 Å². The van der Waals surface area contributed by atoms with Gasteiger partial charge in [0, 0.05) is 12.4 Å². The molecule has 0 aliphatic carbocycles. The number of hydrogen-bond donors (Lipinski definition) is 1. The Morgan fingerprint density at radius 2 is 2.04 bits per heavy atom. The van der Waals surface area contributed by atoms with Crippen LogP contribution in [-0.4, -0.2) is 22.0 Å². The van der Waals surface area contributed by atoms with E-state index in [1.807, 2.05) is 30.3 Å². The molecule has 0 saturated heterocycles. The van der Waals surface area contributed by atoms with Crippen LogP contribution in [0.3, 0.4) is 0 Å². The predicted molar refractivity (Wildman–Crippen MR) is 90.8 cm³/mol. The maximum Gasteiger partial charge on any atom is 0.261 e. The van der Waals surface area contributed by atoms with E-state index in [-0.39, 0.29) is 12.5 Å². The van der Waals surface area contributed by atoms with Crippen molar-refractivity contribution in [3.63, 3.8) is 0 Å². The third-order valence-corrected chi connectivity index (χ3v) is 4.17. The summed E-state index contributed by atoms with van der Waals surface area (Å²) < 4.78 is 11.2. The Balaban J connectivity index is 1.44. The molecule has 0 unspecified atom stereocenters. The molecule has 6 nitrogen and oxygen atoms in total. The molecule has 0 saturated carbocycles. The summed E-state index contributed by atoms with van der Waals surface area (Å²) in [6.45, 7) is 0.268. The molecule has 1 aromatic carbocycles. The van der Waals surface area contributed by atoms with Crippen LogP contribution in [0.4, 0.5) is 0 Å². The monoisotopic (exact) mass is 335 g/mol.